The molecule has 2 aromatic heterocycles. The van der Waals surface area contributed by atoms with Gasteiger partial charge in [0.05, 0.1) is 23.8 Å². The van der Waals surface area contributed by atoms with Gasteiger partial charge in [-0.15, -0.1) is 0 Å². The Morgan fingerprint density at radius 3 is 2.38 bits per heavy atom. The summed E-state index contributed by atoms with van der Waals surface area (Å²) in [5.74, 6) is 1.92. The van der Waals surface area contributed by atoms with Crippen molar-refractivity contribution in [3.63, 3.8) is 0 Å². The molecule has 0 amide bonds. The Bertz CT molecular complexity index is 851. The van der Waals surface area contributed by atoms with Crippen LogP contribution in [-0.4, -0.2) is 51.6 Å². The van der Waals surface area contributed by atoms with Gasteiger partial charge in [-0.25, -0.2) is 27.7 Å². The van der Waals surface area contributed by atoms with Gasteiger partial charge in [-0.3, -0.25) is 0 Å². The number of rotatable bonds is 3. The van der Waals surface area contributed by atoms with Crippen LogP contribution in [0.3, 0.4) is 0 Å². The molecular formula is C16H23N5O2S. The first-order valence-electron chi connectivity index (χ1n) is 8.05. The Balaban J connectivity index is 1.87. The summed E-state index contributed by atoms with van der Waals surface area (Å²) in [5.41, 5.74) is 2.82. The molecule has 3 rings (SSSR count). The Morgan fingerprint density at radius 2 is 1.83 bits per heavy atom. The quantitative estimate of drug-likeness (QED) is 0.841. The van der Waals surface area contributed by atoms with Crippen LogP contribution in [0, 0.1) is 13.8 Å². The summed E-state index contributed by atoms with van der Waals surface area (Å²) >= 11 is 0. The molecule has 0 aromatic carbocycles. The Labute approximate surface area is 142 Å². The topological polar surface area (TPSA) is 81.0 Å². The summed E-state index contributed by atoms with van der Waals surface area (Å²) in [6, 6.07) is 2.02. The first-order chi connectivity index (χ1) is 11.3. The summed E-state index contributed by atoms with van der Waals surface area (Å²) in [5, 5.41) is 0. The highest BCUT2D eigenvalue weighted by Gasteiger charge is 2.27. The molecule has 8 heteroatoms. The van der Waals surface area contributed by atoms with E-state index in [2.05, 4.69) is 15.0 Å². The van der Waals surface area contributed by atoms with Crippen LogP contribution in [0.25, 0.3) is 11.4 Å². The number of aromatic nitrogens is 4. The zero-order valence-electron chi connectivity index (χ0n) is 14.5. The van der Waals surface area contributed by atoms with Crippen LogP contribution in [0.15, 0.2) is 12.3 Å². The standard InChI is InChI=1S/C16H23N5O2S/c1-11-18-14(13-5-7-21(8-6-13)24(4,22)23)9-15(19-11)16-10-17-12(2)20(16)3/h9-10,13H,5-8H2,1-4H3. The fourth-order valence-corrected chi connectivity index (χ4v) is 4.03. The second kappa shape index (κ2) is 6.25. The zero-order chi connectivity index (χ0) is 17.5. The van der Waals surface area contributed by atoms with E-state index in [4.69, 9.17) is 0 Å². The monoisotopic (exact) mass is 349 g/mol. The molecule has 130 valence electrons. The summed E-state index contributed by atoms with van der Waals surface area (Å²) in [4.78, 5) is 13.5. The van der Waals surface area contributed by atoms with Gasteiger partial charge in [0, 0.05) is 31.7 Å². The van der Waals surface area contributed by atoms with E-state index in [-0.39, 0.29) is 5.92 Å². The molecule has 1 aliphatic heterocycles. The predicted octanol–water partition coefficient (Wildman–Crippen LogP) is 1.63. The van der Waals surface area contributed by atoms with Gasteiger partial charge in [0.25, 0.3) is 0 Å². The normalized spacial score (nSPS) is 17.3. The van der Waals surface area contributed by atoms with Gasteiger partial charge in [-0.2, -0.15) is 0 Å². The lowest BCUT2D eigenvalue weighted by Gasteiger charge is -2.30. The summed E-state index contributed by atoms with van der Waals surface area (Å²) < 4.78 is 26.9. The van der Waals surface area contributed by atoms with Gasteiger partial charge in [0.15, 0.2) is 0 Å². The van der Waals surface area contributed by atoms with E-state index in [9.17, 15) is 8.42 Å². The van der Waals surface area contributed by atoms with Crippen molar-refractivity contribution in [2.24, 2.45) is 7.05 Å². The predicted molar refractivity (Wildman–Crippen MR) is 92.1 cm³/mol. The Hall–Kier alpha value is -1.80. The highest BCUT2D eigenvalue weighted by molar-refractivity contribution is 7.88. The zero-order valence-corrected chi connectivity index (χ0v) is 15.3. The lowest BCUT2D eigenvalue weighted by atomic mass is 9.94. The highest BCUT2D eigenvalue weighted by Crippen LogP contribution is 2.30. The molecule has 0 saturated carbocycles. The van der Waals surface area contributed by atoms with E-state index in [0.29, 0.717) is 13.1 Å². The molecule has 24 heavy (non-hydrogen) atoms. The van der Waals surface area contributed by atoms with E-state index in [1.165, 1.54) is 6.26 Å². The van der Waals surface area contributed by atoms with Crippen molar-refractivity contribution in [3.05, 3.63) is 29.6 Å². The van der Waals surface area contributed by atoms with E-state index < -0.39 is 10.0 Å². The fourth-order valence-electron chi connectivity index (χ4n) is 3.15. The Kier molecular flexibility index (Phi) is 4.44. The highest BCUT2D eigenvalue weighted by atomic mass is 32.2. The van der Waals surface area contributed by atoms with E-state index in [1.54, 1.807) is 4.31 Å². The minimum absolute atomic E-state index is 0.262. The summed E-state index contributed by atoms with van der Waals surface area (Å²) in [6.45, 7) is 4.95. The minimum atomic E-state index is -3.10. The first-order valence-corrected chi connectivity index (χ1v) is 9.90. The van der Waals surface area contributed by atoms with Gasteiger partial charge in [-0.1, -0.05) is 0 Å². The molecule has 0 unspecified atom stereocenters. The molecule has 0 radical (unpaired) electrons. The third-order valence-electron chi connectivity index (χ3n) is 4.68. The average molecular weight is 349 g/mol. The molecule has 0 aliphatic carbocycles. The van der Waals surface area contributed by atoms with Gasteiger partial charge < -0.3 is 4.57 Å². The molecule has 3 heterocycles. The number of aryl methyl sites for hydroxylation is 2. The lowest BCUT2D eigenvalue weighted by molar-refractivity contribution is 0.318. The van der Waals surface area contributed by atoms with E-state index >= 15 is 0 Å². The summed E-state index contributed by atoms with van der Waals surface area (Å²) in [6.07, 6.45) is 4.67. The molecule has 0 spiro atoms. The summed E-state index contributed by atoms with van der Waals surface area (Å²) in [7, 11) is -1.13. The van der Waals surface area contributed by atoms with Crippen molar-refractivity contribution in [2.75, 3.05) is 19.3 Å². The average Bonchev–Trinajstić information content (AvgIpc) is 2.86. The molecule has 1 aliphatic rings. The molecule has 7 nitrogen and oxygen atoms in total. The number of hydrogen-bond acceptors (Lipinski definition) is 5. The van der Waals surface area contributed by atoms with Crippen LogP contribution >= 0.6 is 0 Å². The van der Waals surface area contributed by atoms with Crippen molar-refractivity contribution >= 4 is 10.0 Å². The van der Waals surface area contributed by atoms with Gasteiger partial charge >= 0.3 is 0 Å². The Morgan fingerprint density at radius 1 is 1.17 bits per heavy atom. The number of sulfonamides is 1. The largest absolute Gasteiger partial charge is 0.330 e. The van der Waals surface area contributed by atoms with Crippen molar-refractivity contribution in [1.29, 1.82) is 0 Å². The minimum Gasteiger partial charge on any atom is -0.330 e. The van der Waals surface area contributed by atoms with E-state index in [0.717, 1.165) is 41.6 Å². The maximum atomic E-state index is 11.7. The van der Waals surface area contributed by atoms with Crippen LogP contribution in [0.5, 0.6) is 0 Å². The van der Waals surface area contributed by atoms with Gasteiger partial charge in [-0.05, 0) is 32.8 Å². The van der Waals surface area contributed by atoms with Crippen molar-refractivity contribution in [3.8, 4) is 11.4 Å². The first kappa shape index (κ1) is 17.0. The second-order valence-electron chi connectivity index (χ2n) is 6.41. The van der Waals surface area contributed by atoms with Gasteiger partial charge in [0.2, 0.25) is 10.0 Å². The number of piperidine rings is 1. The molecule has 1 saturated heterocycles. The molecule has 0 atom stereocenters. The smallest absolute Gasteiger partial charge is 0.211 e. The maximum Gasteiger partial charge on any atom is 0.211 e. The molecule has 0 bridgehead atoms. The number of hydrogen-bond donors (Lipinski definition) is 0. The van der Waals surface area contributed by atoms with Crippen molar-refractivity contribution in [2.45, 2.75) is 32.6 Å². The lowest BCUT2D eigenvalue weighted by Crippen LogP contribution is -2.37. The van der Waals surface area contributed by atoms with Crippen LogP contribution in [0.4, 0.5) is 0 Å². The van der Waals surface area contributed by atoms with Gasteiger partial charge in [0.1, 0.15) is 11.6 Å². The van der Waals surface area contributed by atoms with E-state index in [1.807, 2.05) is 37.7 Å². The molecular weight excluding hydrogens is 326 g/mol. The van der Waals surface area contributed by atoms with Crippen LogP contribution in [0.2, 0.25) is 0 Å². The SMILES string of the molecule is Cc1nc(-c2cnc(C)n2C)cc(C2CCN(S(C)(=O)=O)CC2)n1. The molecule has 2 aromatic rings. The fraction of sp³-hybridized carbons (Fsp3) is 0.562. The molecule has 1 fully saturated rings. The third kappa shape index (κ3) is 3.34. The number of nitrogens with zero attached hydrogens (tertiary/aromatic N) is 5. The number of imidazole rings is 1. The van der Waals surface area contributed by atoms with Crippen molar-refractivity contribution in [1.82, 2.24) is 23.8 Å². The van der Waals surface area contributed by atoms with Crippen LogP contribution in [-0.2, 0) is 17.1 Å². The second-order valence-corrected chi connectivity index (χ2v) is 8.39. The third-order valence-corrected chi connectivity index (χ3v) is 5.99. The van der Waals surface area contributed by atoms with Crippen LogP contribution in [0.1, 0.15) is 36.1 Å². The molecule has 0 N–H and O–H groups in total. The maximum absolute atomic E-state index is 11.7. The van der Waals surface area contributed by atoms with Crippen molar-refractivity contribution < 1.29 is 8.42 Å². The van der Waals surface area contributed by atoms with Crippen LogP contribution < -0.4 is 0 Å².